The molecule has 0 aliphatic heterocycles. The van der Waals surface area contributed by atoms with Gasteiger partial charge in [0, 0.05) is 0 Å². The van der Waals surface area contributed by atoms with Gasteiger partial charge in [0.2, 0.25) is 0 Å². The van der Waals surface area contributed by atoms with Gasteiger partial charge in [0.1, 0.15) is 0 Å². The predicted molar refractivity (Wildman–Crippen MR) is 136 cm³/mol. The van der Waals surface area contributed by atoms with Gasteiger partial charge in [-0.2, -0.15) is 12.8 Å². The summed E-state index contributed by atoms with van der Waals surface area (Å²) >= 11 is 0. The van der Waals surface area contributed by atoms with Crippen LogP contribution in [0.3, 0.4) is 0 Å². The van der Waals surface area contributed by atoms with Crippen molar-refractivity contribution < 1.29 is 19.8 Å². The Morgan fingerprint density at radius 3 is 1.12 bits per heavy atom. The number of ketones is 2. The average Bonchev–Trinajstić information content (AvgIpc) is 2.80. The van der Waals surface area contributed by atoms with Crippen LogP contribution in [-0.2, 0) is 9.59 Å². The Morgan fingerprint density at radius 1 is 0.697 bits per heavy atom. The predicted octanol–water partition coefficient (Wildman–Crippen LogP) is 4.81. The molecule has 0 aromatic heterocycles. The second-order valence-corrected chi connectivity index (χ2v) is 6.68. The van der Waals surface area contributed by atoms with Crippen LogP contribution >= 0.6 is 0 Å². The zero-order valence-electron chi connectivity index (χ0n) is 20.3. The third kappa shape index (κ3) is 22.6. The Kier molecular flexibility index (Phi) is 26.0. The molecule has 0 radical (unpaired) electrons. The van der Waals surface area contributed by atoms with Crippen molar-refractivity contribution in [1.29, 1.82) is 0 Å². The fraction of sp³-hybridized carbons (Fsp3) is 0.286. The van der Waals surface area contributed by atoms with Crippen LogP contribution in [0.5, 0.6) is 0 Å². The van der Waals surface area contributed by atoms with E-state index in [1.807, 2.05) is 12.1 Å². The molecule has 2 aromatic carbocycles. The molecule has 5 heteroatoms. The van der Waals surface area contributed by atoms with E-state index < -0.39 is 0 Å². The molecule has 0 aliphatic rings. The summed E-state index contributed by atoms with van der Waals surface area (Å²) in [4.78, 5) is 21.1. The maximum atomic E-state index is 11.2. The van der Waals surface area contributed by atoms with E-state index in [1.54, 1.807) is 48.5 Å². The van der Waals surface area contributed by atoms with Gasteiger partial charge >= 0.3 is 23.9 Å². The molecule has 0 amide bonds. The van der Waals surface area contributed by atoms with E-state index in [-0.39, 0.29) is 47.0 Å². The number of hydrogen-bond acceptors (Lipinski definition) is 4. The Labute approximate surface area is 217 Å². The molecule has 33 heavy (non-hydrogen) atoms. The zero-order valence-corrected chi connectivity index (χ0v) is 23.2. The van der Waals surface area contributed by atoms with E-state index in [2.05, 4.69) is 27.7 Å². The van der Waals surface area contributed by atoms with Crippen LogP contribution in [0.1, 0.15) is 64.5 Å². The van der Waals surface area contributed by atoms with E-state index in [0.717, 1.165) is 25.0 Å². The Balaban J connectivity index is -0.000000405. The molecule has 0 aliphatic carbocycles. The molecule has 2 aromatic rings. The molecule has 0 heterocycles. The van der Waals surface area contributed by atoms with Gasteiger partial charge in [-0.3, -0.25) is 9.59 Å². The minimum absolute atomic E-state index is 0. The molecule has 2 rings (SSSR count). The van der Waals surface area contributed by atoms with Crippen LogP contribution in [0.2, 0.25) is 0 Å². The van der Waals surface area contributed by atoms with Gasteiger partial charge in [0.25, 0.3) is 0 Å². The number of allylic oxidation sites excluding steroid dienone is 2. The summed E-state index contributed by atoms with van der Waals surface area (Å²) in [6.07, 6.45) is 6.74. The first-order valence-electron chi connectivity index (χ1n) is 10.7. The third-order valence-electron chi connectivity index (χ3n) is 3.49. The van der Waals surface area contributed by atoms with Crippen LogP contribution < -0.4 is 10.2 Å². The van der Waals surface area contributed by atoms with E-state index in [0.29, 0.717) is 11.1 Å². The third-order valence-corrected chi connectivity index (χ3v) is 3.49. The summed E-state index contributed by atoms with van der Waals surface area (Å²) in [6, 6.07) is 17.4. The van der Waals surface area contributed by atoms with Crippen LogP contribution in [0.4, 0.5) is 0 Å². The van der Waals surface area contributed by atoms with E-state index in [1.165, 1.54) is 26.7 Å². The van der Waals surface area contributed by atoms with Gasteiger partial charge < -0.3 is 24.1 Å². The molecule has 0 spiro atoms. The molecular formula is C28H36O4Sn. The molecule has 4 nitrogen and oxygen atoms in total. The number of hydrogen-bond donors (Lipinski definition) is 0. The summed E-state index contributed by atoms with van der Waals surface area (Å²) in [5.74, 6) is -0.904. The molecule has 0 unspecified atom stereocenters. The normalized spacial score (nSPS) is 10.0. The molecule has 176 valence electrons. The molecule has 0 saturated heterocycles. The van der Waals surface area contributed by atoms with Crippen molar-refractivity contribution in [3.05, 3.63) is 97.8 Å². The summed E-state index contributed by atoms with van der Waals surface area (Å²) < 4.78 is 0. The van der Waals surface area contributed by atoms with E-state index in [4.69, 9.17) is 0 Å². The first-order valence-corrected chi connectivity index (χ1v) is 10.7. The maximum absolute atomic E-state index is 11.2. The summed E-state index contributed by atoms with van der Waals surface area (Å²) in [7, 11) is 0. The zero-order chi connectivity index (χ0) is 24.8. The number of rotatable bonds is 6. The number of carbonyl (C=O) groups is 2. The van der Waals surface area contributed by atoms with Crippen LogP contribution in [0.25, 0.3) is 11.5 Å². The van der Waals surface area contributed by atoms with Gasteiger partial charge in [-0.25, -0.2) is 0 Å². The monoisotopic (exact) mass is 556 g/mol. The smallest absolute Gasteiger partial charge is 0.872 e. The number of carbonyl (C=O) groups excluding carboxylic acids is 2. The van der Waals surface area contributed by atoms with Gasteiger partial charge in [-0.05, 0) is 37.1 Å². The van der Waals surface area contributed by atoms with E-state index in [9.17, 15) is 19.8 Å². The van der Waals surface area contributed by atoms with Crippen molar-refractivity contribution in [1.82, 2.24) is 0 Å². The van der Waals surface area contributed by atoms with Gasteiger partial charge in [-0.15, -0.1) is 0 Å². The first kappa shape index (κ1) is 35.3. The molecule has 0 N–H and O–H groups in total. The van der Waals surface area contributed by atoms with Crippen molar-refractivity contribution in [2.24, 2.45) is 0 Å². The Hall–Kier alpha value is -2.34. The van der Waals surface area contributed by atoms with Crippen LogP contribution in [0, 0.1) is 13.8 Å². The van der Waals surface area contributed by atoms with Gasteiger partial charge in [0.15, 0.2) is 11.6 Å². The minimum atomic E-state index is -0.233. The second kappa shape index (κ2) is 24.3. The maximum Gasteiger partial charge on any atom is 4.00 e. The second-order valence-electron chi connectivity index (χ2n) is 6.68. The van der Waals surface area contributed by atoms with Crippen molar-refractivity contribution in [2.45, 2.75) is 53.4 Å². The molecule has 0 atom stereocenters. The fourth-order valence-electron chi connectivity index (χ4n) is 1.74. The Bertz CT molecular complexity index is 724. The van der Waals surface area contributed by atoms with Crippen LogP contribution in [-0.4, -0.2) is 35.5 Å². The SMILES string of the molecule is CC(=O)/C=C(\[O-])c1ccccc1.CC(=O)/C=C(\[O-])c1ccccc1.[CH2-]CCC.[CH2-]CCC.[Sn+4]. The first-order chi connectivity index (χ1) is 15.2. The van der Waals surface area contributed by atoms with Gasteiger partial charge in [0.05, 0.1) is 0 Å². The van der Waals surface area contributed by atoms with Crippen molar-refractivity contribution >= 4 is 47.0 Å². The van der Waals surface area contributed by atoms with Crippen molar-refractivity contribution in [3.63, 3.8) is 0 Å². The summed E-state index contributed by atoms with van der Waals surface area (Å²) in [5, 5.41) is 22.4. The quantitative estimate of drug-likeness (QED) is 0.222. The fourth-order valence-corrected chi connectivity index (χ4v) is 1.74. The van der Waals surface area contributed by atoms with E-state index >= 15 is 0 Å². The van der Waals surface area contributed by atoms with Crippen LogP contribution in [0.15, 0.2) is 72.8 Å². The standard InChI is InChI=1S/2C10H10O2.2C4H9.Sn/c2*1-8(11)7-10(12)9-5-3-2-4-6-9;2*1-3-4-2;/h2*2-7,12H,1H3;2*1,3-4H2,2H3;/q;;2*-1;+4/p-2/b2*10-7-;;;. The van der Waals surface area contributed by atoms with Gasteiger partial charge in [-0.1, -0.05) is 98.9 Å². The number of unbranched alkanes of at least 4 members (excludes halogenated alkanes) is 2. The topological polar surface area (TPSA) is 80.3 Å². The summed E-state index contributed by atoms with van der Waals surface area (Å²) in [5.41, 5.74) is 1.10. The van der Waals surface area contributed by atoms with Crippen molar-refractivity contribution in [3.8, 4) is 0 Å². The molecule has 0 bridgehead atoms. The molecule has 0 fully saturated rings. The molecular weight excluding hydrogens is 519 g/mol. The van der Waals surface area contributed by atoms with Crippen molar-refractivity contribution in [2.75, 3.05) is 0 Å². The molecule has 0 saturated carbocycles. The minimum Gasteiger partial charge on any atom is -0.872 e. The Morgan fingerprint density at radius 2 is 0.939 bits per heavy atom. The number of benzene rings is 2. The summed E-state index contributed by atoms with van der Waals surface area (Å²) in [6.45, 7) is 14.2. The largest absolute Gasteiger partial charge is 4.00 e. The average molecular weight is 555 g/mol.